The van der Waals surface area contributed by atoms with Crippen LogP contribution in [-0.2, 0) is 11.4 Å². The predicted molar refractivity (Wildman–Crippen MR) is 121 cm³/mol. The number of para-hydroxylation sites is 1. The number of anilines is 1. The normalized spacial score (nSPS) is 11.0. The molecule has 5 nitrogen and oxygen atoms in total. The van der Waals surface area contributed by atoms with Crippen molar-refractivity contribution >= 4 is 28.4 Å². The fraction of sp³-hybridized carbons (Fsp3) is 0.0385. The first-order chi connectivity index (χ1) is 15.2. The molecule has 0 atom stereocenters. The van der Waals surface area contributed by atoms with E-state index in [1.807, 2.05) is 78.9 Å². The number of nitriles is 1. The van der Waals surface area contributed by atoms with Gasteiger partial charge in [-0.1, -0.05) is 60.7 Å². The van der Waals surface area contributed by atoms with E-state index in [0.29, 0.717) is 17.0 Å². The molecule has 0 aliphatic heterocycles. The Hall–Kier alpha value is -4.43. The second-order valence-electron chi connectivity index (χ2n) is 6.80. The Balaban J connectivity index is 1.57. The van der Waals surface area contributed by atoms with Crippen LogP contribution >= 0.6 is 0 Å². The second kappa shape index (κ2) is 9.38. The third kappa shape index (κ3) is 4.77. The Morgan fingerprint density at radius 2 is 1.74 bits per heavy atom. The van der Waals surface area contributed by atoms with Crippen molar-refractivity contribution in [3.8, 4) is 11.8 Å². The highest BCUT2D eigenvalue weighted by atomic mass is 16.5. The van der Waals surface area contributed by atoms with Crippen molar-refractivity contribution < 1.29 is 9.53 Å². The fourth-order valence-electron chi connectivity index (χ4n) is 3.19. The molecule has 4 rings (SSSR count). The highest BCUT2D eigenvalue weighted by Gasteiger charge is 2.13. The van der Waals surface area contributed by atoms with Gasteiger partial charge in [0, 0.05) is 22.8 Å². The highest BCUT2D eigenvalue weighted by Crippen LogP contribution is 2.25. The number of rotatable bonds is 6. The number of carbonyl (C=O) groups is 1. The third-order valence-corrected chi connectivity index (χ3v) is 4.72. The fourth-order valence-corrected chi connectivity index (χ4v) is 3.19. The largest absolute Gasteiger partial charge is 0.487 e. The summed E-state index contributed by atoms with van der Waals surface area (Å²) >= 11 is 0. The molecule has 31 heavy (non-hydrogen) atoms. The molecular formula is C26H19N3O2. The number of pyridine rings is 1. The van der Waals surface area contributed by atoms with Gasteiger partial charge in [0.25, 0.3) is 5.91 Å². The molecule has 0 saturated carbocycles. The maximum absolute atomic E-state index is 12.8. The lowest BCUT2D eigenvalue weighted by atomic mass is 10.1. The maximum Gasteiger partial charge on any atom is 0.266 e. The lowest BCUT2D eigenvalue weighted by Gasteiger charge is -2.10. The quantitative estimate of drug-likeness (QED) is 0.346. The predicted octanol–water partition coefficient (Wildman–Crippen LogP) is 5.36. The van der Waals surface area contributed by atoms with Crippen LogP contribution in [0, 0.1) is 11.3 Å². The minimum atomic E-state index is -0.474. The molecule has 1 heterocycles. The number of hydrogen-bond donors (Lipinski definition) is 1. The van der Waals surface area contributed by atoms with E-state index in [1.54, 1.807) is 18.3 Å². The van der Waals surface area contributed by atoms with Crippen LogP contribution in [0.4, 0.5) is 5.69 Å². The van der Waals surface area contributed by atoms with E-state index >= 15 is 0 Å². The van der Waals surface area contributed by atoms with Crippen molar-refractivity contribution in [3.05, 3.63) is 108 Å². The van der Waals surface area contributed by atoms with Crippen molar-refractivity contribution in [2.75, 3.05) is 5.32 Å². The van der Waals surface area contributed by atoms with E-state index < -0.39 is 5.91 Å². The lowest BCUT2D eigenvalue weighted by Crippen LogP contribution is -2.13. The standard InChI is InChI=1S/C26H19N3O2/c27-17-21(26(30)29-24-13-7-10-19-8-1-3-12-23(19)24)16-20-9-2-4-14-25(20)31-18-22-11-5-6-15-28-22/h1-16H,18H2,(H,29,30)/b21-16+. The van der Waals surface area contributed by atoms with E-state index in [2.05, 4.69) is 10.3 Å². The zero-order chi connectivity index (χ0) is 21.5. The molecular weight excluding hydrogens is 386 g/mol. The zero-order valence-corrected chi connectivity index (χ0v) is 16.7. The third-order valence-electron chi connectivity index (χ3n) is 4.72. The average molecular weight is 405 g/mol. The average Bonchev–Trinajstić information content (AvgIpc) is 2.82. The van der Waals surface area contributed by atoms with Gasteiger partial charge in [-0.3, -0.25) is 9.78 Å². The molecule has 4 aromatic rings. The summed E-state index contributed by atoms with van der Waals surface area (Å²) in [5.41, 5.74) is 2.07. The van der Waals surface area contributed by atoms with Crippen molar-refractivity contribution in [3.63, 3.8) is 0 Å². The van der Waals surface area contributed by atoms with Crippen LogP contribution in [-0.4, -0.2) is 10.9 Å². The van der Waals surface area contributed by atoms with Gasteiger partial charge in [0.2, 0.25) is 0 Å². The first-order valence-electron chi connectivity index (χ1n) is 9.77. The molecule has 1 amide bonds. The molecule has 0 fully saturated rings. The van der Waals surface area contributed by atoms with Crippen LogP contribution < -0.4 is 10.1 Å². The van der Waals surface area contributed by atoms with Crippen molar-refractivity contribution in [1.82, 2.24) is 4.98 Å². The number of nitrogens with zero attached hydrogens (tertiary/aromatic N) is 2. The molecule has 0 saturated heterocycles. The van der Waals surface area contributed by atoms with Crippen LogP contribution in [0.2, 0.25) is 0 Å². The number of nitrogens with one attached hydrogen (secondary N) is 1. The van der Waals surface area contributed by atoms with Crippen LogP contribution in [0.25, 0.3) is 16.8 Å². The topological polar surface area (TPSA) is 75.0 Å². The molecule has 0 aliphatic rings. The van der Waals surface area contributed by atoms with Gasteiger partial charge in [-0.05, 0) is 35.7 Å². The zero-order valence-electron chi connectivity index (χ0n) is 16.7. The molecule has 5 heteroatoms. The summed E-state index contributed by atoms with van der Waals surface area (Å²) < 4.78 is 5.88. The summed E-state index contributed by atoms with van der Waals surface area (Å²) in [7, 11) is 0. The highest BCUT2D eigenvalue weighted by molar-refractivity contribution is 6.13. The SMILES string of the molecule is N#C/C(=C\c1ccccc1OCc1ccccn1)C(=O)Nc1cccc2ccccc12. The van der Waals surface area contributed by atoms with Crippen LogP contribution in [0.5, 0.6) is 5.75 Å². The molecule has 3 aromatic carbocycles. The number of hydrogen-bond acceptors (Lipinski definition) is 4. The van der Waals surface area contributed by atoms with Gasteiger partial charge in [-0.25, -0.2) is 0 Å². The van der Waals surface area contributed by atoms with E-state index in [-0.39, 0.29) is 12.2 Å². The van der Waals surface area contributed by atoms with Gasteiger partial charge < -0.3 is 10.1 Å². The van der Waals surface area contributed by atoms with Crippen LogP contribution in [0.1, 0.15) is 11.3 Å². The number of fused-ring (bicyclic) bond motifs is 1. The van der Waals surface area contributed by atoms with E-state index in [4.69, 9.17) is 4.74 Å². The smallest absolute Gasteiger partial charge is 0.266 e. The second-order valence-corrected chi connectivity index (χ2v) is 6.80. The Bertz CT molecular complexity index is 1290. The van der Waals surface area contributed by atoms with Crippen LogP contribution in [0.15, 0.2) is 96.7 Å². The summed E-state index contributed by atoms with van der Waals surface area (Å²) in [6.07, 6.45) is 3.24. The van der Waals surface area contributed by atoms with Gasteiger partial charge in [0.1, 0.15) is 24.0 Å². The molecule has 0 spiro atoms. The molecule has 0 bridgehead atoms. The summed E-state index contributed by atoms with van der Waals surface area (Å²) in [6.45, 7) is 0.287. The van der Waals surface area contributed by atoms with Crippen molar-refractivity contribution in [2.24, 2.45) is 0 Å². The molecule has 1 aromatic heterocycles. The number of benzene rings is 3. The Labute approximate surface area is 180 Å². The molecule has 0 unspecified atom stereocenters. The van der Waals surface area contributed by atoms with Gasteiger partial charge in [0.15, 0.2) is 0 Å². The molecule has 0 aliphatic carbocycles. The van der Waals surface area contributed by atoms with E-state index in [1.165, 1.54) is 6.08 Å². The van der Waals surface area contributed by atoms with Gasteiger partial charge >= 0.3 is 0 Å². The van der Waals surface area contributed by atoms with Gasteiger partial charge in [0.05, 0.1) is 5.69 Å². The summed E-state index contributed by atoms with van der Waals surface area (Å²) in [5.74, 6) is 0.0947. The molecule has 150 valence electrons. The summed E-state index contributed by atoms with van der Waals surface area (Å²) in [6, 6.07) is 28.3. The van der Waals surface area contributed by atoms with E-state index in [9.17, 15) is 10.1 Å². The summed E-state index contributed by atoms with van der Waals surface area (Å²) in [4.78, 5) is 17.1. The minimum absolute atomic E-state index is 0.0122. The first-order valence-corrected chi connectivity index (χ1v) is 9.77. The van der Waals surface area contributed by atoms with Crippen molar-refractivity contribution in [2.45, 2.75) is 6.61 Å². The van der Waals surface area contributed by atoms with Gasteiger partial charge in [-0.2, -0.15) is 5.26 Å². The Kier molecular flexibility index (Phi) is 6.01. The lowest BCUT2D eigenvalue weighted by molar-refractivity contribution is -0.112. The first kappa shape index (κ1) is 19.9. The Morgan fingerprint density at radius 3 is 2.58 bits per heavy atom. The molecule has 0 radical (unpaired) electrons. The van der Waals surface area contributed by atoms with Crippen LogP contribution in [0.3, 0.4) is 0 Å². The number of ether oxygens (including phenoxy) is 1. The molecule has 1 N–H and O–H groups in total. The van der Waals surface area contributed by atoms with Crippen molar-refractivity contribution in [1.29, 1.82) is 5.26 Å². The maximum atomic E-state index is 12.8. The Morgan fingerprint density at radius 1 is 0.968 bits per heavy atom. The summed E-state index contributed by atoms with van der Waals surface area (Å²) in [5, 5.41) is 14.4. The number of carbonyl (C=O) groups excluding carboxylic acids is 1. The van der Waals surface area contributed by atoms with Gasteiger partial charge in [-0.15, -0.1) is 0 Å². The number of aromatic nitrogens is 1. The monoisotopic (exact) mass is 405 g/mol. The minimum Gasteiger partial charge on any atom is -0.487 e. The number of amides is 1. The van der Waals surface area contributed by atoms with E-state index in [0.717, 1.165) is 16.5 Å².